The predicted molar refractivity (Wildman–Crippen MR) is 292 cm³/mol. The van der Waals surface area contributed by atoms with Crippen LogP contribution in [0.25, 0.3) is 0 Å². The van der Waals surface area contributed by atoms with Gasteiger partial charge in [0, 0.05) is 0 Å². The molecule has 0 rings (SSSR count). The Hall–Kier alpha value is 15.0. The van der Waals surface area contributed by atoms with E-state index in [-0.39, 0.29) is 112 Å². The highest BCUT2D eigenvalue weighted by Gasteiger charge is 2.52. The van der Waals surface area contributed by atoms with E-state index < -0.39 is 0 Å². The van der Waals surface area contributed by atoms with Gasteiger partial charge in [-0.25, -0.2) is 0 Å². The van der Waals surface area contributed by atoms with E-state index >= 15 is 0 Å². The van der Waals surface area contributed by atoms with Gasteiger partial charge < -0.3 is 8.93 Å². The first-order chi connectivity index (χ1) is 15.9. The Balaban J connectivity index is 7.70. The van der Waals surface area contributed by atoms with Gasteiger partial charge in [-0.2, -0.15) is 0 Å². The van der Waals surface area contributed by atoms with Crippen molar-refractivity contribution in [2.45, 2.75) is 0 Å². The van der Waals surface area contributed by atoms with Gasteiger partial charge in [0.1, 0.15) is 0 Å². The van der Waals surface area contributed by atoms with Gasteiger partial charge in [-0.15, -0.1) is 152 Å². The minimum absolute atomic E-state index is 0.00236. The minimum atomic E-state index is -0.0998. The molecule has 0 saturated heterocycles. The second kappa shape index (κ2) is 27.6. The van der Waals surface area contributed by atoms with E-state index in [0.717, 1.165) is 7.96 Å². The fourth-order valence-corrected chi connectivity index (χ4v) is 470. The standard InChI is InChI=1S/H36P35/c1-19-28(18)33(29(20(2)3)21(4)5)35(32(26(14)15)27(16)17)34(30(22(6)7)23(8)9)31(24(10)11)25(12)13/h1,19H,2-18H2/q-1. The van der Waals surface area contributed by atoms with Crippen LogP contribution in [-0.2, 0) is 0 Å². The van der Waals surface area contributed by atoms with Crippen LogP contribution in [0.3, 0.4) is 0 Å². The van der Waals surface area contributed by atoms with Crippen molar-refractivity contribution in [3.63, 3.8) is 0 Å². The van der Waals surface area contributed by atoms with E-state index in [1.54, 1.807) is 0 Å². The van der Waals surface area contributed by atoms with Gasteiger partial charge in [0.15, 0.2) is 0 Å². The summed E-state index contributed by atoms with van der Waals surface area (Å²) < 4.78 is 0. The molecule has 0 aromatic heterocycles. The van der Waals surface area contributed by atoms with E-state index in [4.69, 9.17) is 0 Å². The Morgan fingerprint density at radius 3 is 0.629 bits per heavy atom. The summed E-state index contributed by atoms with van der Waals surface area (Å²) in [4.78, 5) is 0. The molecule has 0 aromatic carbocycles. The Morgan fingerprint density at radius 2 is 0.457 bits per heavy atom. The smallest absolute Gasteiger partial charge is 0.000334 e. The van der Waals surface area contributed by atoms with Crippen LogP contribution in [-0.4, -0.2) is 0 Å². The first-order valence-corrected chi connectivity index (χ1v) is 70.8. The van der Waals surface area contributed by atoms with Gasteiger partial charge in [-0.05, 0) is 105 Å². The maximum Gasteiger partial charge on any atom is -0.000334 e. The summed E-state index contributed by atoms with van der Waals surface area (Å²) in [5.41, 5.74) is 0. The molecule has 0 amide bonds. The van der Waals surface area contributed by atoms with Crippen molar-refractivity contribution in [2.24, 2.45) is 0 Å². The van der Waals surface area contributed by atoms with Gasteiger partial charge in [0.2, 0.25) is 0 Å². The quantitative estimate of drug-likeness (QED) is 0.135. The zero-order valence-electron chi connectivity index (χ0n) is 18.0. The summed E-state index contributed by atoms with van der Waals surface area (Å²) in [7, 11) is 61.9. The molecule has 0 fully saturated rings. The van der Waals surface area contributed by atoms with Crippen molar-refractivity contribution in [3.05, 3.63) is 0 Å². The molecule has 0 N–H and O–H groups in total. The normalized spacial score (nSPS) is 16.9. The summed E-state index contributed by atoms with van der Waals surface area (Å²) in [5, 5.41) is 0. The Labute approximate surface area is 277 Å². The van der Waals surface area contributed by atoms with Crippen molar-refractivity contribution in [1.82, 2.24) is 0 Å². The van der Waals surface area contributed by atoms with Crippen LogP contribution in [0, 0.1) is 0 Å². The lowest BCUT2D eigenvalue weighted by molar-refractivity contribution is 4.40. The lowest BCUT2D eigenvalue weighted by Gasteiger charge is -2.54. The van der Waals surface area contributed by atoms with Gasteiger partial charge in [-0.1, -0.05) is 6.99 Å². The molecule has 0 aliphatic heterocycles. The van der Waals surface area contributed by atoms with Crippen LogP contribution in [0.1, 0.15) is 0 Å². The van der Waals surface area contributed by atoms with Crippen molar-refractivity contribution in [2.75, 3.05) is 0 Å². The molecule has 0 bridgehead atoms. The fraction of sp³-hybridized carbons (Fsp3) is 0. The summed E-state index contributed by atoms with van der Waals surface area (Å²) in [5.74, 6) is 0. The third kappa shape index (κ3) is 18.3. The second-order valence-corrected chi connectivity index (χ2v) is 145. The summed E-state index contributed by atoms with van der Waals surface area (Å²) in [6.45, 7) is -0.847. The van der Waals surface area contributed by atoms with Crippen molar-refractivity contribution in [1.29, 1.82) is 0 Å². The molecule has 0 nitrogen and oxygen atoms in total. The lowest BCUT2D eigenvalue weighted by atomic mass is 28.5. The molecule has 212 valence electrons. The largest absolute Gasteiger partial charge is 0.524 e. The van der Waals surface area contributed by atoms with Crippen molar-refractivity contribution in [3.8, 4) is 0 Å². The minimum Gasteiger partial charge on any atom is -0.524 e. The van der Waals surface area contributed by atoms with Gasteiger partial charge >= 0.3 is 0 Å². The molecular weight excluding hydrogens is 1080 g/mol. The lowest BCUT2D eigenvalue weighted by Crippen LogP contribution is -1.66. The van der Waals surface area contributed by atoms with Crippen molar-refractivity contribution >= 4 is 280 Å². The molecule has 21 unspecified atom stereocenters. The van der Waals surface area contributed by atoms with E-state index in [0.29, 0.717) is 0 Å². The molecule has 0 saturated carbocycles. The van der Waals surface area contributed by atoms with Gasteiger partial charge in [0.05, 0.1) is 0 Å². The van der Waals surface area contributed by atoms with Crippen LogP contribution < -0.4 is 0 Å². The van der Waals surface area contributed by atoms with E-state index in [9.17, 15) is 0 Å². The Bertz CT molecular complexity index is 482. The maximum absolute atomic E-state index is 4.13. The van der Waals surface area contributed by atoms with Gasteiger partial charge in [-0.3, -0.25) is 7.96 Å². The molecular formula is H36P35-. The molecule has 0 aromatic rings. The van der Waals surface area contributed by atoms with E-state index in [2.05, 4.69) is 161 Å². The van der Waals surface area contributed by atoms with Gasteiger partial charge in [0.25, 0.3) is 0 Å². The zero-order valence-corrected chi connectivity index (χ0v) is 53.9. The molecule has 35 heteroatoms. The topological polar surface area (TPSA) is 0 Å². The average Bonchev–Trinajstić information content (AvgIpc) is 2.66. The number of hydrogen-bond acceptors (Lipinski definition) is 0. The first-order valence-electron chi connectivity index (χ1n) is 7.86. The molecule has 0 radical (unpaired) electrons. The summed E-state index contributed by atoms with van der Waals surface area (Å²) in [6.07, 6.45) is 0. The summed E-state index contributed by atoms with van der Waals surface area (Å²) >= 11 is 0. The first kappa shape index (κ1) is 50.1. The molecule has 0 heterocycles. The third-order valence-corrected chi connectivity index (χ3v) is 236. The second-order valence-electron chi connectivity index (χ2n) is 5.37. The Kier molecular flexibility index (Phi) is 39.5. The van der Waals surface area contributed by atoms with Crippen LogP contribution in [0.5, 0.6) is 0 Å². The molecule has 21 atom stereocenters. The van der Waals surface area contributed by atoms with Crippen LogP contribution >= 0.6 is 280 Å². The zero-order chi connectivity index (χ0) is 27.9. The highest BCUT2D eigenvalue weighted by Crippen LogP contribution is 3.40. The fourth-order valence-electron chi connectivity index (χ4n) is 1.93. The molecule has 35 heavy (non-hydrogen) atoms. The third-order valence-electron chi connectivity index (χ3n) is 2.92. The van der Waals surface area contributed by atoms with Crippen molar-refractivity contribution < 1.29 is 0 Å². The maximum atomic E-state index is 4.13. The average molecular weight is 1120 g/mol. The number of rotatable bonds is 16. The molecule has 0 aliphatic rings. The SMILES string of the molecule is [PH-]PP(P)P(P(P(P)P)P(P)P)P(P(P(P)P)P(P)P)P(P(P(P)P)P(P)P)P(P(P)P)P(P)P. The predicted octanol–water partition coefficient (Wildman–Crippen LogP) is 20.5. The van der Waals surface area contributed by atoms with E-state index in [1.807, 2.05) is 0 Å². The Morgan fingerprint density at radius 1 is 0.286 bits per heavy atom. The van der Waals surface area contributed by atoms with Crippen LogP contribution in [0.15, 0.2) is 0 Å². The van der Waals surface area contributed by atoms with Crippen LogP contribution in [0.4, 0.5) is 0 Å². The highest BCUT2D eigenvalue weighted by atomic mass is 33.5. The number of hydrogen-bond donors (Lipinski definition) is 0. The highest BCUT2D eigenvalue weighted by molar-refractivity contribution is 9.46. The molecule has 0 spiro atoms. The monoisotopic (exact) mass is 1120 g/mol. The van der Waals surface area contributed by atoms with E-state index in [1.165, 1.54) is 0 Å². The summed E-state index contributed by atoms with van der Waals surface area (Å²) in [6, 6.07) is 0. The van der Waals surface area contributed by atoms with Crippen LogP contribution in [0.2, 0.25) is 0 Å². The molecule has 0 aliphatic carbocycles.